The third kappa shape index (κ3) is 2.78. The Morgan fingerprint density at radius 1 is 1.25 bits per heavy atom. The molecular weight excluding hydrogens is 286 g/mol. The topological polar surface area (TPSA) is 49.4 Å². The van der Waals surface area contributed by atoms with Crippen LogP contribution < -0.4 is 10.2 Å². The number of nitrogens with zero attached hydrogens (tertiary/aromatic N) is 1. The van der Waals surface area contributed by atoms with Gasteiger partial charge in [-0.3, -0.25) is 0 Å². The summed E-state index contributed by atoms with van der Waals surface area (Å²) in [4.78, 5) is 1.80. The Morgan fingerprint density at radius 3 is 2.35 bits per heavy atom. The first-order valence-corrected chi connectivity index (χ1v) is 7.90. The smallest absolute Gasteiger partial charge is 0.341 e. The molecule has 112 valence electrons. The van der Waals surface area contributed by atoms with Gasteiger partial charge in [-0.25, -0.2) is 8.42 Å². The van der Waals surface area contributed by atoms with Crippen LogP contribution in [0.5, 0.6) is 0 Å². The SMILES string of the molecule is CC1(C)CNCCN1c1ccc(S(=O)(=O)C(F)F)cc1. The van der Waals surface area contributed by atoms with Crippen molar-refractivity contribution in [1.29, 1.82) is 0 Å². The van der Waals surface area contributed by atoms with Crippen LogP contribution in [-0.2, 0) is 9.84 Å². The Hall–Kier alpha value is -1.21. The number of sulfone groups is 1. The first-order valence-electron chi connectivity index (χ1n) is 6.36. The Kier molecular flexibility index (Phi) is 4.02. The molecule has 0 saturated carbocycles. The highest BCUT2D eigenvalue weighted by molar-refractivity contribution is 7.91. The summed E-state index contributed by atoms with van der Waals surface area (Å²) in [5.41, 5.74) is 0.728. The quantitative estimate of drug-likeness (QED) is 0.926. The van der Waals surface area contributed by atoms with E-state index in [0.717, 1.165) is 25.3 Å². The molecule has 0 spiro atoms. The van der Waals surface area contributed by atoms with Gasteiger partial charge in [0, 0.05) is 30.9 Å². The molecule has 0 aliphatic carbocycles. The molecule has 7 heteroatoms. The second kappa shape index (κ2) is 5.29. The molecule has 0 unspecified atom stereocenters. The van der Waals surface area contributed by atoms with Gasteiger partial charge < -0.3 is 10.2 Å². The zero-order valence-electron chi connectivity index (χ0n) is 11.4. The fourth-order valence-electron chi connectivity index (χ4n) is 2.38. The van der Waals surface area contributed by atoms with Crippen molar-refractivity contribution in [2.45, 2.75) is 30.0 Å². The second-order valence-electron chi connectivity index (χ2n) is 5.44. The Labute approximate surface area is 117 Å². The van der Waals surface area contributed by atoms with Crippen LogP contribution in [0, 0.1) is 0 Å². The molecule has 0 amide bonds. The lowest BCUT2D eigenvalue weighted by Gasteiger charge is -2.44. The lowest BCUT2D eigenvalue weighted by atomic mass is 9.99. The van der Waals surface area contributed by atoms with Gasteiger partial charge in [0.2, 0.25) is 9.84 Å². The van der Waals surface area contributed by atoms with E-state index in [-0.39, 0.29) is 10.4 Å². The number of rotatable bonds is 3. The van der Waals surface area contributed by atoms with Crippen molar-refractivity contribution in [3.63, 3.8) is 0 Å². The number of hydrogen-bond acceptors (Lipinski definition) is 4. The van der Waals surface area contributed by atoms with E-state index in [0.29, 0.717) is 0 Å². The average molecular weight is 304 g/mol. The summed E-state index contributed by atoms with van der Waals surface area (Å²) >= 11 is 0. The van der Waals surface area contributed by atoms with Crippen molar-refractivity contribution in [2.75, 3.05) is 24.5 Å². The van der Waals surface area contributed by atoms with E-state index in [1.807, 2.05) is 0 Å². The van der Waals surface area contributed by atoms with E-state index in [1.165, 1.54) is 12.1 Å². The van der Waals surface area contributed by atoms with E-state index in [4.69, 9.17) is 0 Å². The van der Waals surface area contributed by atoms with Crippen LogP contribution in [0.15, 0.2) is 29.2 Å². The minimum absolute atomic E-state index is 0.110. The summed E-state index contributed by atoms with van der Waals surface area (Å²) in [7, 11) is -4.52. The lowest BCUT2D eigenvalue weighted by Crippen LogP contribution is -2.58. The third-order valence-corrected chi connectivity index (χ3v) is 4.91. The molecule has 1 N–H and O–H groups in total. The van der Waals surface area contributed by atoms with Crippen molar-refractivity contribution in [3.05, 3.63) is 24.3 Å². The van der Waals surface area contributed by atoms with Gasteiger partial charge in [0.25, 0.3) is 0 Å². The van der Waals surface area contributed by atoms with Crippen LogP contribution in [0.1, 0.15) is 13.8 Å². The summed E-state index contributed by atoms with van der Waals surface area (Å²) in [6.45, 7) is 6.57. The maximum absolute atomic E-state index is 12.5. The summed E-state index contributed by atoms with van der Waals surface area (Å²) in [5, 5.41) is 3.29. The molecule has 4 nitrogen and oxygen atoms in total. The van der Waals surface area contributed by atoms with E-state index in [2.05, 4.69) is 24.1 Å². The van der Waals surface area contributed by atoms with Crippen molar-refractivity contribution < 1.29 is 17.2 Å². The first-order chi connectivity index (χ1) is 9.25. The predicted molar refractivity (Wildman–Crippen MR) is 73.9 cm³/mol. The zero-order valence-corrected chi connectivity index (χ0v) is 12.3. The predicted octanol–water partition coefficient (Wildman–Crippen LogP) is 1.87. The van der Waals surface area contributed by atoms with Gasteiger partial charge in [-0.05, 0) is 38.1 Å². The lowest BCUT2D eigenvalue weighted by molar-refractivity contribution is 0.234. The Bertz CT molecular complexity index is 571. The van der Waals surface area contributed by atoms with Gasteiger partial charge in [0.1, 0.15) is 0 Å². The van der Waals surface area contributed by atoms with Crippen LogP contribution in [0.2, 0.25) is 0 Å². The van der Waals surface area contributed by atoms with E-state index in [1.54, 1.807) is 12.1 Å². The number of anilines is 1. The molecule has 1 aliphatic heterocycles. The van der Waals surface area contributed by atoms with E-state index in [9.17, 15) is 17.2 Å². The highest BCUT2D eigenvalue weighted by Crippen LogP contribution is 2.27. The third-order valence-electron chi connectivity index (χ3n) is 3.51. The van der Waals surface area contributed by atoms with Crippen molar-refractivity contribution in [2.24, 2.45) is 0 Å². The standard InChI is InChI=1S/C13H18F2N2O2S/c1-13(2)9-16-7-8-17(13)10-3-5-11(6-4-10)20(18,19)12(14)15/h3-6,12,16H,7-9H2,1-2H3. The van der Waals surface area contributed by atoms with Gasteiger partial charge in [-0.1, -0.05) is 0 Å². The first kappa shape index (κ1) is 15.2. The summed E-state index contributed by atoms with van der Waals surface area (Å²) in [6.07, 6.45) is 0. The average Bonchev–Trinajstić information content (AvgIpc) is 2.38. The molecule has 1 heterocycles. The molecule has 1 aromatic carbocycles. The van der Waals surface area contributed by atoms with E-state index >= 15 is 0 Å². The molecule has 1 aromatic rings. The van der Waals surface area contributed by atoms with Gasteiger partial charge in [-0.15, -0.1) is 0 Å². The molecule has 20 heavy (non-hydrogen) atoms. The summed E-state index contributed by atoms with van der Waals surface area (Å²) in [6, 6.07) is 5.66. The maximum Gasteiger partial charge on any atom is 0.341 e. The number of nitrogens with one attached hydrogen (secondary N) is 1. The molecule has 0 radical (unpaired) electrons. The Balaban J connectivity index is 2.29. The summed E-state index contributed by atoms with van der Waals surface area (Å²) in [5.74, 6) is -3.39. The van der Waals surface area contributed by atoms with Crippen molar-refractivity contribution in [3.8, 4) is 0 Å². The minimum Gasteiger partial charge on any atom is -0.364 e. The van der Waals surface area contributed by atoms with Crippen LogP contribution in [0.25, 0.3) is 0 Å². The fraction of sp³-hybridized carbons (Fsp3) is 0.538. The minimum atomic E-state index is -4.52. The number of hydrogen-bond donors (Lipinski definition) is 1. The largest absolute Gasteiger partial charge is 0.364 e. The molecule has 1 aliphatic rings. The molecular formula is C13H18F2N2O2S. The van der Waals surface area contributed by atoms with Crippen LogP contribution in [0.3, 0.4) is 0 Å². The number of piperazine rings is 1. The van der Waals surface area contributed by atoms with Crippen molar-refractivity contribution >= 4 is 15.5 Å². The molecule has 1 saturated heterocycles. The molecule has 1 fully saturated rings. The van der Waals surface area contributed by atoms with Crippen molar-refractivity contribution in [1.82, 2.24) is 5.32 Å². The normalized spacial score (nSPS) is 19.4. The van der Waals surface area contributed by atoms with Gasteiger partial charge in [0.05, 0.1) is 4.90 Å². The molecule has 0 bridgehead atoms. The molecule has 0 atom stereocenters. The highest BCUT2D eigenvalue weighted by Gasteiger charge is 2.31. The molecule has 2 rings (SSSR count). The Morgan fingerprint density at radius 2 is 1.85 bits per heavy atom. The van der Waals surface area contributed by atoms with Crippen LogP contribution in [-0.4, -0.2) is 39.3 Å². The molecule has 0 aromatic heterocycles. The zero-order chi connectivity index (χ0) is 15.0. The number of halogens is 2. The van der Waals surface area contributed by atoms with Gasteiger partial charge in [0.15, 0.2) is 0 Å². The number of alkyl halides is 2. The van der Waals surface area contributed by atoms with Crippen LogP contribution in [0.4, 0.5) is 14.5 Å². The van der Waals surface area contributed by atoms with Gasteiger partial charge in [-0.2, -0.15) is 8.78 Å². The second-order valence-corrected chi connectivity index (χ2v) is 7.36. The van der Waals surface area contributed by atoms with Crippen LogP contribution >= 0.6 is 0 Å². The monoisotopic (exact) mass is 304 g/mol. The van der Waals surface area contributed by atoms with Gasteiger partial charge >= 0.3 is 5.76 Å². The fourth-order valence-corrected chi connectivity index (χ4v) is 3.10. The number of benzene rings is 1. The maximum atomic E-state index is 12.5. The summed E-state index contributed by atoms with van der Waals surface area (Å²) < 4.78 is 47.7. The highest BCUT2D eigenvalue weighted by atomic mass is 32.2. The van der Waals surface area contributed by atoms with E-state index < -0.39 is 15.6 Å².